The van der Waals surface area contributed by atoms with Gasteiger partial charge in [-0.25, -0.2) is 4.79 Å². The van der Waals surface area contributed by atoms with Crippen molar-refractivity contribution in [3.63, 3.8) is 0 Å². The zero-order chi connectivity index (χ0) is 7.02. The molecule has 0 radical (unpaired) electrons. The van der Waals surface area contributed by atoms with Crippen molar-refractivity contribution in [1.29, 1.82) is 0 Å². The van der Waals surface area contributed by atoms with E-state index in [1.807, 2.05) is 22.6 Å². The second-order valence-corrected chi connectivity index (χ2v) is 3.47. The van der Waals surface area contributed by atoms with Crippen molar-refractivity contribution in [2.24, 2.45) is 0 Å². The maximum absolute atomic E-state index is 10.5. The Morgan fingerprint density at radius 3 is 2.44 bits per heavy atom. The van der Waals surface area contributed by atoms with Gasteiger partial charge in [0.25, 0.3) is 0 Å². The van der Waals surface area contributed by atoms with Gasteiger partial charge in [-0.1, -0.05) is 22.6 Å². The molecule has 9 heavy (non-hydrogen) atoms. The van der Waals surface area contributed by atoms with Crippen LogP contribution in [0.5, 0.6) is 0 Å². The van der Waals surface area contributed by atoms with E-state index >= 15 is 0 Å². The minimum Gasteiger partial charge on any atom is -0.459 e. The van der Waals surface area contributed by atoms with E-state index < -0.39 is 12.1 Å². The first-order valence-corrected chi connectivity index (χ1v) is 3.90. The van der Waals surface area contributed by atoms with Crippen molar-refractivity contribution >= 4 is 28.6 Å². The van der Waals surface area contributed by atoms with Crippen LogP contribution in [0.2, 0.25) is 0 Å². The zero-order valence-electron chi connectivity index (χ0n) is 4.87. The molecular weight excluding hydrogens is 235 g/mol. The van der Waals surface area contributed by atoms with Gasteiger partial charge in [0.15, 0.2) is 6.10 Å². The van der Waals surface area contributed by atoms with Crippen LogP contribution in [0.1, 0.15) is 6.92 Å². The largest absolute Gasteiger partial charge is 0.459 e. The highest BCUT2D eigenvalue weighted by atomic mass is 127. The van der Waals surface area contributed by atoms with Gasteiger partial charge in [-0.3, -0.25) is 0 Å². The maximum atomic E-state index is 10.5. The van der Waals surface area contributed by atoms with Crippen molar-refractivity contribution in [2.75, 3.05) is 0 Å². The summed E-state index contributed by atoms with van der Waals surface area (Å²) in [6.45, 7) is 1.77. The van der Waals surface area contributed by atoms with Gasteiger partial charge in [0.05, 0.1) is 3.92 Å². The number of carbonyl (C=O) groups is 1. The van der Waals surface area contributed by atoms with E-state index in [-0.39, 0.29) is 10.0 Å². The van der Waals surface area contributed by atoms with Crippen molar-refractivity contribution in [1.82, 2.24) is 0 Å². The normalized spacial score (nSPS) is 43.0. The Morgan fingerprint density at radius 1 is 1.78 bits per heavy atom. The highest BCUT2D eigenvalue weighted by Gasteiger charge is 2.38. The average Bonchev–Trinajstić information content (AvgIpc) is 1.98. The number of carbonyl (C=O) groups excluding carboxylic acids is 1. The minimum absolute atomic E-state index is 0.0879. The zero-order valence-corrected chi connectivity index (χ0v) is 7.03. The van der Waals surface area contributed by atoms with Gasteiger partial charge in [0.2, 0.25) is 0 Å². The lowest BCUT2D eigenvalue weighted by Crippen LogP contribution is -2.23. The summed E-state index contributed by atoms with van der Waals surface area (Å²) in [7, 11) is 0. The summed E-state index contributed by atoms with van der Waals surface area (Å²) in [5.74, 6) is -0.498. The third kappa shape index (κ3) is 1.19. The van der Waals surface area contributed by atoms with Gasteiger partial charge in [0.1, 0.15) is 6.10 Å². The number of alkyl halides is 1. The molecule has 0 aromatic heterocycles. The number of rotatable bonds is 0. The van der Waals surface area contributed by atoms with E-state index in [4.69, 9.17) is 5.11 Å². The molecule has 0 aliphatic carbocycles. The van der Waals surface area contributed by atoms with Crippen LogP contribution in [-0.4, -0.2) is 27.2 Å². The smallest absolute Gasteiger partial charge is 0.336 e. The number of cyclic esters (lactones) is 1. The molecule has 0 spiro atoms. The molecule has 3 nitrogen and oxygen atoms in total. The predicted molar refractivity (Wildman–Crippen MR) is 39.4 cm³/mol. The molecule has 4 heteroatoms. The van der Waals surface area contributed by atoms with Crippen LogP contribution in [-0.2, 0) is 9.53 Å². The molecule has 1 aliphatic heterocycles. The topological polar surface area (TPSA) is 46.5 Å². The number of aliphatic hydroxyl groups excluding tert-OH is 1. The Bertz CT molecular complexity index is 136. The van der Waals surface area contributed by atoms with E-state index in [9.17, 15) is 4.79 Å². The molecule has 0 aromatic rings. The van der Waals surface area contributed by atoms with Crippen LogP contribution in [0.4, 0.5) is 0 Å². The molecule has 0 amide bonds. The van der Waals surface area contributed by atoms with E-state index in [0.717, 1.165) is 0 Å². The van der Waals surface area contributed by atoms with E-state index in [0.29, 0.717) is 0 Å². The number of hydrogen-bond acceptors (Lipinski definition) is 3. The number of esters is 1. The Hall–Kier alpha value is 0.160. The first-order chi connectivity index (χ1) is 4.13. The molecule has 1 heterocycles. The molecular formula is C5H7IO3. The molecule has 0 aromatic carbocycles. The fourth-order valence-corrected chi connectivity index (χ4v) is 1.15. The Labute approximate surface area is 66.5 Å². The molecule has 1 rings (SSSR count). The standard InChI is InChI=1S/C5H7IO3/c1-2-3(6)4(7)5(8)9-2/h2-4,7H,1H3/t2-,3-,4+/m1/s1. The lowest BCUT2D eigenvalue weighted by atomic mass is 10.2. The summed E-state index contributed by atoms with van der Waals surface area (Å²) in [6.07, 6.45) is -1.06. The summed E-state index contributed by atoms with van der Waals surface area (Å²) >= 11 is 2.00. The van der Waals surface area contributed by atoms with Gasteiger partial charge >= 0.3 is 5.97 Å². The molecule has 1 N–H and O–H groups in total. The van der Waals surface area contributed by atoms with Crippen molar-refractivity contribution in [3.8, 4) is 0 Å². The van der Waals surface area contributed by atoms with E-state index in [1.54, 1.807) is 6.92 Å². The minimum atomic E-state index is -0.916. The molecule has 1 fully saturated rings. The van der Waals surface area contributed by atoms with E-state index in [1.165, 1.54) is 0 Å². The van der Waals surface area contributed by atoms with Gasteiger partial charge < -0.3 is 9.84 Å². The van der Waals surface area contributed by atoms with Crippen LogP contribution in [0.25, 0.3) is 0 Å². The van der Waals surface area contributed by atoms with Crippen LogP contribution in [0.3, 0.4) is 0 Å². The number of halogens is 1. The quantitative estimate of drug-likeness (QED) is 0.372. The lowest BCUT2D eigenvalue weighted by Gasteiger charge is -2.03. The summed E-state index contributed by atoms with van der Waals surface area (Å²) in [5, 5.41) is 8.95. The van der Waals surface area contributed by atoms with Crippen LogP contribution < -0.4 is 0 Å². The number of aliphatic hydroxyl groups is 1. The molecule has 52 valence electrons. The van der Waals surface area contributed by atoms with Gasteiger partial charge in [-0.2, -0.15) is 0 Å². The fraction of sp³-hybridized carbons (Fsp3) is 0.800. The maximum Gasteiger partial charge on any atom is 0.336 e. The summed E-state index contributed by atoms with van der Waals surface area (Å²) in [6, 6.07) is 0. The second kappa shape index (κ2) is 2.42. The Balaban J connectivity index is 2.65. The first kappa shape index (κ1) is 7.27. The summed E-state index contributed by atoms with van der Waals surface area (Å²) in [5.41, 5.74) is 0. The summed E-state index contributed by atoms with van der Waals surface area (Å²) in [4.78, 5) is 10.5. The third-order valence-corrected chi connectivity index (χ3v) is 2.99. The summed E-state index contributed by atoms with van der Waals surface area (Å²) < 4.78 is 4.60. The third-order valence-electron chi connectivity index (χ3n) is 1.29. The van der Waals surface area contributed by atoms with Gasteiger partial charge in [-0.15, -0.1) is 0 Å². The van der Waals surface area contributed by atoms with Crippen LogP contribution in [0, 0.1) is 0 Å². The average molecular weight is 242 g/mol. The molecule has 3 atom stereocenters. The lowest BCUT2D eigenvalue weighted by molar-refractivity contribution is -0.146. The first-order valence-electron chi connectivity index (χ1n) is 2.65. The Kier molecular flexibility index (Phi) is 1.95. The molecule has 0 saturated carbocycles. The SMILES string of the molecule is C[C@H]1OC(=O)[C@@H](O)[C@@H]1I. The predicted octanol–water partition coefficient (Wildman–Crippen LogP) is 0.0962. The van der Waals surface area contributed by atoms with Gasteiger partial charge in [-0.05, 0) is 6.92 Å². The van der Waals surface area contributed by atoms with Crippen molar-refractivity contribution < 1.29 is 14.6 Å². The second-order valence-electron chi connectivity index (χ2n) is 2.03. The monoisotopic (exact) mass is 242 g/mol. The van der Waals surface area contributed by atoms with Crippen LogP contribution in [0.15, 0.2) is 0 Å². The highest BCUT2D eigenvalue weighted by Crippen LogP contribution is 2.22. The van der Waals surface area contributed by atoms with Crippen LogP contribution >= 0.6 is 22.6 Å². The molecule has 0 bridgehead atoms. The fourth-order valence-electron chi connectivity index (χ4n) is 0.705. The van der Waals surface area contributed by atoms with Gasteiger partial charge in [0, 0.05) is 0 Å². The highest BCUT2D eigenvalue weighted by molar-refractivity contribution is 14.1. The molecule has 1 saturated heterocycles. The Morgan fingerprint density at radius 2 is 2.33 bits per heavy atom. The number of hydrogen-bond donors (Lipinski definition) is 1. The molecule has 1 aliphatic rings. The molecule has 0 unspecified atom stereocenters. The van der Waals surface area contributed by atoms with Crippen molar-refractivity contribution in [2.45, 2.75) is 23.1 Å². The number of ether oxygens (including phenoxy) is 1. The van der Waals surface area contributed by atoms with Crippen molar-refractivity contribution in [3.05, 3.63) is 0 Å². The van der Waals surface area contributed by atoms with E-state index in [2.05, 4.69) is 4.74 Å².